The number of aromatic nitrogens is 3. The second kappa shape index (κ2) is 9.86. The van der Waals surface area contributed by atoms with Crippen molar-refractivity contribution in [2.24, 2.45) is 5.10 Å². The highest BCUT2D eigenvalue weighted by Gasteiger charge is 2.17. The molecule has 0 saturated carbocycles. The van der Waals surface area contributed by atoms with Gasteiger partial charge in [0.15, 0.2) is 0 Å². The third kappa shape index (κ3) is 5.46. The molecule has 1 aliphatic heterocycles. The van der Waals surface area contributed by atoms with Crippen LogP contribution in [0.1, 0.15) is 12.5 Å². The number of nitrogens with one attached hydrogen (secondary N) is 2. The van der Waals surface area contributed by atoms with E-state index in [0.29, 0.717) is 31.1 Å². The van der Waals surface area contributed by atoms with E-state index in [9.17, 15) is 0 Å². The number of anilines is 4. The lowest BCUT2D eigenvalue weighted by molar-refractivity contribution is 0.122. The Labute approximate surface area is 181 Å². The van der Waals surface area contributed by atoms with Gasteiger partial charge in [-0.15, -0.1) is 0 Å². The van der Waals surface area contributed by atoms with Crippen LogP contribution < -0.4 is 20.4 Å². The molecule has 4 rings (SSSR count). The molecule has 0 unspecified atom stereocenters. The minimum Gasteiger partial charge on any atom is -0.497 e. The second-order valence-electron chi connectivity index (χ2n) is 6.91. The van der Waals surface area contributed by atoms with E-state index in [4.69, 9.17) is 9.47 Å². The molecule has 9 nitrogen and oxygen atoms in total. The molecule has 1 aromatic heterocycles. The second-order valence-corrected chi connectivity index (χ2v) is 6.91. The van der Waals surface area contributed by atoms with E-state index in [2.05, 4.69) is 35.7 Å². The van der Waals surface area contributed by atoms with Crippen molar-refractivity contribution < 1.29 is 9.47 Å². The first-order valence-corrected chi connectivity index (χ1v) is 10.1. The van der Waals surface area contributed by atoms with Crippen LogP contribution in [0.25, 0.3) is 0 Å². The fourth-order valence-electron chi connectivity index (χ4n) is 3.06. The molecule has 2 N–H and O–H groups in total. The number of hydrogen-bond acceptors (Lipinski definition) is 9. The molecule has 0 spiro atoms. The van der Waals surface area contributed by atoms with E-state index in [1.54, 1.807) is 7.11 Å². The van der Waals surface area contributed by atoms with Crippen LogP contribution in [0, 0.1) is 0 Å². The summed E-state index contributed by atoms with van der Waals surface area (Å²) >= 11 is 0. The summed E-state index contributed by atoms with van der Waals surface area (Å²) < 4.78 is 10.7. The van der Waals surface area contributed by atoms with E-state index in [1.165, 1.54) is 0 Å². The molecule has 1 aliphatic rings. The Balaban J connectivity index is 1.59. The van der Waals surface area contributed by atoms with Gasteiger partial charge in [0, 0.05) is 18.8 Å². The predicted molar refractivity (Wildman–Crippen MR) is 121 cm³/mol. The van der Waals surface area contributed by atoms with Gasteiger partial charge in [-0.1, -0.05) is 30.3 Å². The smallest absolute Gasteiger partial charge is 0.250 e. The highest BCUT2D eigenvalue weighted by Crippen LogP contribution is 2.21. The molecule has 1 saturated heterocycles. The van der Waals surface area contributed by atoms with Crippen molar-refractivity contribution in [2.45, 2.75) is 6.92 Å². The monoisotopic (exact) mass is 419 g/mol. The van der Waals surface area contributed by atoms with Crippen LogP contribution in [0.5, 0.6) is 5.75 Å². The molecule has 31 heavy (non-hydrogen) atoms. The van der Waals surface area contributed by atoms with Crippen LogP contribution in [0.3, 0.4) is 0 Å². The highest BCUT2D eigenvalue weighted by atomic mass is 16.5. The van der Waals surface area contributed by atoms with E-state index < -0.39 is 0 Å². The van der Waals surface area contributed by atoms with Gasteiger partial charge in [0.05, 0.1) is 26.0 Å². The molecule has 0 atom stereocenters. The van der Waals surface area contributed by atoms with Crippen molar-refractivity contribution in [1.82, 2.24) is 15.0 Å². The summed E-state index contributed by atoms with van der Waals surface area (Å²) in [7, 11) is 1.64. The molecule has 0 radical (unpaired) electrons. The summed E-state index contributed by atoms with van der Waals surface area (Å²) in [6.07, 6.45) is 0. The van der Waals surface area contributed by atoms with Crippen LogP contribution in [-0.2, 0) is 4.74 Å². The van der Waals surface area contributed by atoms with E-state index >= 15 is 0 Å². The fourth-order valence-corrected chi connectivity index (χ4v) is 3.06. The minimum absolute atomic E-state index is 0.364. The Morgan fingerprint density at radius 2 is 1.68 bits per heavy atom. The highest BCUT2D eigenvalue weighted by molar-refractivity contribution is 5.98. The van der Waals surface area contributed by atoms with Crippen molar-refractivity contribution in [1.29, 1.82) is 0 Å². The zero-order chi connectivity index (χ0) is 21.5. The van der Waals surface area contributed by atoms with Crippen molar-refractivity contribution in [3.63, 3.8) is 0 Å². The third-order valence-corrected chi connectivity index (χ3v) is 4.78. The van der Waals surface area contributed by atoms with Gasteiger partial charge in [-0.05, 0) is 36.8 Å². The molecule has 0 amide bonds. The first kappa shape index (κ1) is 20.5. The molecule has 1 fully saturated rings. The van der Waals surface area contributed by atoms with Gasteiger partial charge in [0.25, 0.3) is 0 Å². The molecule has 9 heteroatoms. The van der Waals surface area contributed by atoms with Gasteiger partial charge in [-0.3, -0.25) is 0 Å². The maximum Gasteiger partial charge on any atom is 0.250 e. The maximum atomic E-state index is 5.45. The summed E-state index contributed by atoms with van der Waals surface area (Å²) in [6.45, 7) is 4.65. The lowest BCUT2D eigenvalue weighted by Gasteiger charge is -2.27. The van der Waals surface area contributed by atoms with E-state index in [-0.39, 0.29) is 0 Å². The van der Waals surface area contributed by atoms with Crippen LogP contribution in [0.2, 0.25) is 0 Å². The van der Waals surface area contributed by atoms with Gasteiger partial charge in [-0.2, -0.15) is 20.1 Å². The lowest BCUT2D eigenvalue weighted by Crippen LogP contribution is -2.37. The Morgan fingerprint density at radius 1 is 0.968 bits per heavy atom. The number of benzene rings is 2. The summed E-state index contributed by atoms with van der Waals surface area (Å²) in [5.41, 5.74) is 5.67. The molecular formula is C22H25N7O2. The topological polar surface area (TPSA) is 96.8 Å². The van der Waals surface area contributed by atoms with Crippen molar-refractivity contribution in [3.8, 4) is 5.75 Å². The van der Waals surface area contributed by atoms with Gasteiger partial charge in [-0.25, -0.2) is 5.43 Å². The fraction of sp³-hybridized carbons (Fsp3) is 0.273. The average Bonchev–Trinajstić information content (AvgIpc) is 2.84. The zero-order valence-corrected chi connectivity index (χ0v) is 17.6. The number of nitrogens with zero attached hydrogens (tertiary/aromatic N) is 5. The van der Waals surface area contributed by atoms with Crippen LogP contribution in [-0.4, -0.2) is 54.1 Å². The normalized spacial score (nSPS) is 14.3. The van der Waals surface area contributed by atoms with Gasteiger partial charge in [0.2, 0.25) is 17.8 Å². The van der Waals surface area contributed by atoms with Crippen molar-refractivity contribution in [2.75, 3.05) is 49.1 Å². The summed E-state index contributed by atoms with van der Waals surface area (Å²) in [5, 5.41) is 7.68. The summed E-state index contributed by atoms with van der Waals surface area (Å²) in [5.74, 6) is 2.15. The van der Waals surface area contributed by atoms with Gasteiger partial charge in [0.1, 0.15) is 5.75 Å². The van der Waals surface area contributed by atoms with Crippen molar-refractivity contribution in [3.05, 3.63) is 60.2 Å². The lowest BCUT2D eigenvalue weighted by atomic mass is 10.1. The average molecular weight is 419 g/mol. The van der Waals surface area contributed by atoms with Crippen LogP contribution >= 0.6 is 0 Å². The van der Waals surface area contributed by atoms with E-state index in [1.807, 2.05) is 61.5 Å². The van der Waals surface area contributed by atoms with E-state index in [0.717, 1.165) is 35.8 Å². The first-order valence-electron chi connectivity index (χ1n) is 10.1. The summed E-state index contributed by atoms with van der Waals surface area (Å²) in [4.78, 5) is 15.7. The number of rotatable bonds is 7. The third-order valence-electron chi connectivity index (χ3n) is 4.78. The number of hydrazone groups is 1. The van der Waals surface area contributed by atoms with Crippen LogP contribution in [0.15, 0.2) is 59.7 Å². The summed E-state index contributed by atoms with van der Waals surface area (Å²) in [6, 6.07) is 17.5. The number of morpholine rings is 1. The molecule has 0 bridgehead atoms. The Bertz CT molecular complexity index is 1020. The Morgan fingerprint density at radius 3 is 2.39 bits per heavy atom. The molecule has 0 aliphatic carbocycles. The first-order chi connectivity index (χ1) is 15.2. The number of ether oxygens (including phenoxy) is 2. The van der Waals surface area contributed by atoms with Crippen LogP contribution in [0.4, 0.5) is 23.5 Å². The molecule has 2 heterocycles. The number of hydrogen-bond donors (Lipinski definition) is 2. The SMILES string of the molecule is COc1ccc(Nc2nc(N/N=C(\C)c3ccccc3)nc(N3CCOCC3)n2)cc1. The largest absolute Gasteiger partial charge is 0.497 e. The molecule has 3 aromatic rings. The maximum absolute atomic E-state index is 5.45. The quantitative estimate of drug-likeness (QED) is 0.445. The standard InChI is InChI=1S/C22H25N7O2/c1-16(17-6-4-3-5-7-17)27-28-21-24-20(23-18-8-10-19(30-2)11-9-18)25-22(26-21)29-12-14-31-15-13-29/h3-11H,12-15H2,1-2H3,(H2,23,24,25,26,28)/b27-16+. The van der Waals surface area contributed by atoms with Gasteiger partial charge >= 0.3 is 0 Å². The predicted octanol–water partition coefficient (Wildman–Crippen LogP) is 3.30. The Kier molecular flexibility index (Phi) is 6.53. The van der Waals surface area contributed by atoms with Crippen molar-refractivity contribution >= 4 is 29.2 Å². The molecule has 160 valence electrons. The van der Waals surface area contributed by atoms with Gasteiger partial charge < -0.3 is 19.7 Å². The Hall–Kier alpha value is -3.72. The number of methoxy groups -OCH3 is 1. The molecule has 2 aromatic carbocycles. The zero-order valence-electron chi connectivity index (χ0n) is 17.6. The molecular weight excluding hydrogens is 394 g/mol. The minimum atomic E-state index is 0.364.